The Labute approximate surface area is 116 Å². The van der Waals surface area contributed by atoms with E-state index in [9.17, 15) is 9.90 Å². The Morgan fingerprint density at radius 2 is 1.75 bits per heavy atom. The predicted octanol–water partition coefficient (Wildman–Crippen LogP) is 2.77. The molecule has 0 fully saturated rings. The van der Waals surface area contributed by atoms with Crippen LogP contribution < -0.4 is 4.74 Å². The number of fused-ring (bicyclic) bond motifs is 1. The van der Waals surface area contributed by atoms with Crippen molar-refractivity contribution in [2.45, 2.75) is 18.8 Å². The molecule has 0 saturated carbocycles. The number of carboxylic acids is 1. The number of para-hydroxylation sites is 1. The van der Waals surface area contributed by atoms with Crippen molar-refractivity contribution in [2.75, 3.05) is 0 Å². The van der Waals surface area contributed by atoms with Gasteiger partial charge in [0, 0.05) is 5.56 Å². The summed E-state index contributed by atoms with van der Waals surface area (Å²) in [6.07, 6.45) is -1.31. The Morgan fingerprint density at radius 1 is 1.10 bits per heavy atom. The summed E-state index contributed by atoms with van der Waals surface area (Å²) in [4.78, 5) is 11.2. The molecule has 0 amide bonds. The first-order valence-corrected chi connectivity index (χ1v) is 6.33. The quantitative estimate of drug-likeness (QED) is 0.911. The van der Waals surface area contributed by atoms with E-state index in [2.05, 4.69) is 0 Å². The molecule has 102 valence electrons. The van der Waals surface area contributed by atoms with Gasteiger partial charge in [-0.1, -0.05) is 48.5 Å². The third kappa shape index (κ3) is 1.94. The van der Waals surface area contributed by atoms with Gasteiger partial charge in [-0.2, -0.15) is 0 Å². The number of carboxylic acid groups (broad SMARTS) is 1. The fraction of sp³-hybridized carbons (Fsp3) is 0.188. The van der Waals surface area contributed by atoms with Crippen LogP contribution in [-0.4, -0.2) is 17.4 Å². The summed E-state index contributed by atoms with van der Waals surface area (Å²) in [5.41, 5.74) is 0.866. The average Bonchev–Trinajstić information content (AvgIpc) is 2.48. The number of benzene rings is 2. The molecule has 1 heterocycles. The smallest absolute Gasteiger partial charge is 0.373 e. The molecule has 2 aromatic rings. The van der Waals surface area contributed by atoms with Crippen LogP contribution in [0.2, 0.25) is 0 Å². The maximum absolute atomic E-state index is 11.2. The Bertz CT molecular complexity index is 638. The maximum atomic E-state index is 11.2. The van der Waals surface area contributed by atoms with E-state index in [1.54, 1.807) is 6.07 Å². The Balaban J connectivity index is 2.16. The van der Waals surface area contributed by atoms with E-state index >= 15 is 0 Å². The molecule has 0 aromatic heterocycles. The van der Waals surface area contributed by atoms with Gasteiger partial charge < -0.3 is 14.6 Å². The van der Waals surface area contributed by atoms with Gasteiger partial charge in [0.1, 0.15) is 11.4 Å². The summed E-state index contributed by atoms with van der Waals surface area (Å²) in [6, 6.07) is 16.9. The first-order chi connectivity index (χ1) is 9.61. The minimum Gasteiger partial charge on any atom is -0.477 e. The Morgan fingerprint density at radius 3 is 2.45 bits per heavy atom. The van der Waals surface area contributed by atoms with Gasteiger partial charge in [-0.25, -0.2) is 4.79 Å². The molecule has 4 heteroatoms. The maximum Gasteiger partial charge on any atom is 0.373 e. The van der Waals surface area contributed by atoms with Gasteiger partial charge in [-0.05, 0) is 18.6 Å². The predicted molar refractivity (Wildman–Crippen MR) is 72.5 cm³/mol. The number of hydrogen-bond donors (Lipinski definition) is 1. The minimum atomic E-state index is -1.31. The molecule has 0 aliphatic carbocycles. The lowest BCUT2D eigenvalue weighted by molar-refractivity contribution is -0.201. The summed E-state index contributed by atoms with van der Waals surface area (Å²) in [6.45, 7) is 1.86. The number of aliphatic carboxylic acids is 1. The highest BCUT2D eigenvalue weighted by molar-refractivity contribution is 5.72. The van der Waals surface area contributed by atoms with E-state index in [1.807, 2.05) is 55.5 Å². The van der Waals surface area contributed by atoms with Crippen LogP contribution in [0.5, 0.6) is 5.75 Å². The lowest BCUT2D eigenvalue weighted by Gasteiger charge is -2.39. The van der Waals surface area contributed by atoms with E-state index in [1.165, 1.54) is 0 Å². The minimum absolute atomic E-state index is 0.539. The highest BCUT2D eigenvalue weighted by Gasteiger charge is 2.42. The van der Waals surface area contributed by atoms with Crippen LogP contribution >= 0.6 is 0 Å². The van der Waals surface area contributed by atoms with Crippen LogP contribution in [-0.2, 0) is 15.1 Å². The normalized spacial score (nSPS) is 24.6. The number of rotatable bonds is 2. The lowest BCUT2D eigenvalue weighted by Crippen LogP contribution is -2.44. The van der Waals surface area contributed by atoms with Crippen LogP contribution in [0.15, 0.2) is 54.6 Å². The molecule has 1 N–H and O–H groups in total. The fourth-order valence-corrected chi connectivity index (χ4v) is 2.46. The van der Waals surface area contributed by atoms with E-state index < -0.39 is 17.9 Å². The highest BCUT2D eigenvalue weighted by Crippen LogP contribution is 2.43. The van der Waals surface area contributed by atoms with Crippen molar-refractivity contribution >= 4 is 5.97 Å². The van der Waals surface area contributed by atoms with Crippen molar-refractivity contribution in [3.05, 3.63) is 65.7 Å². The van der Waals surface area contributed by atoms with Gasteiger partial charge in [0.15, 0.2) is 0 Å². The van der Waals surface area contributed by atoms with Crippen molar-refractivity contribution in [3.8, 4) is 5.75 Å². The third-order valence-corrected chi connectivity index (χ3v) is 3.50. The van der Waals surface area contributed by atoms with E-state index in [0.717, 1.165) is 11.1 Å². The second-order valence-corrected chi connectivity index (χ2v) is 4.80. The molecule has 2 aromatic carbocycles. The lowest BCUT2D eigenvalue weighted by atomic mass is 9.86. The standard InChI is InChI=1S/C16H14O4/c1-16(11-7-3-2-4-8-11)12-9-5-6-10-13(12)19-15(20-16)14(17)18/h2-10,15H,1H3,(H,17,18)/t15-,16+/m0/s1. The SMILES string of the molecule is C[C@]1(c2ccccc2)O[C@@H](C(=O)O)Oc2ccccc21. The molecular formula is C16H14O4. The largest absolute Gasteiger partial charge is 0.477 e. The van der Waals surface area contributed by atoms with Crippen molar-refractivity contribution in [2.24, 2.45) is 0 Å². The number of ether oxygens (including phenoxy) is 2. The molecule has 4 nitrogen and oxygen atoms in total. The van der Waals surface area contributed by atoms with Crippen molar-refractivity contribution in [1.29, 1.82) is 0 Å². The van der Waals surface area contributed by atoms with Gasteiger partial charge in [-0.15, -0.1) is 0 Å². The summed E-state index contributed by atoms with van der Waals surface area (Å²) in [5, 5.41) is 9.19. The monoisotopic (exact) mass is 270 g/mol. The van der Waals surface area contributed by atoms with Crippen molar-refractivity contribution in [1.82, 2.24) is 0 Å². The molecule has 0 unspecified atom stereocenters. The van der Waals surface area contributed by atoms with Crippen molar-refractivity contribution < 1.29 is 19.4 Å². The third-order valence-electron chi connectivity index (χ3n) is 3.50. The van der Waals surface area contributed by atoms with Gasteiger partial charge >= 0.3 is 5.97 Å². The molecule has 20 heavy (non-hydrogen) atoms. The Kier molecular flexibility index (Phi) is 2.95. The summed E-state index contributed by atoms with van der Waals surface area (Å²) in [5.74, 6) is -0.598. The molecule has 0 radical (unpaired) electrons. The number of hydrogen-bond acceptors (Lipinski definition) is 3. The summed E-state index contributed by atoms with van der Waals surface area (Å²) in [7, 11) is 0. The van der Waals surface area contributed by atoms with Gasteiger partial charge in [-0.3, -0.25) is 0 Å². The van der Waals surface area contributed by atoms with E-state index in [-0.39, 0.29) is 0 Å². The summed E-state index contributed by atoms with van der Waals surface area (Å²) < 4.78 is 11.1. The van der Waals surface area contributed by atoms with Gasteiger partial charge in [0.2, 0.25) is 0 Å². The molecule has 0 saturated heterocycles. The van der Waals surface area contributed by atoms with E-state index in [0.29, 0.717) is 5.75 Å². The van der Waals surface area contributed by atoms with Crippen LogP contribution in [0.3, 0.4) is 0 Å². The average molecular weight is 270 g/mol. The molecule has 1 aliphatic rings. The van der Waals surface area contributed by atoms with Crippen molar-refractivity contribution in [3.63, 3.8) is 0 Å². The van der Waals surface area contributed by atoms with E-state index in [4.69, 9.17) is 9.47 Å². The summed E-state index contributed by atoms with van der Waals surface area (Å²) >= 11 is 0. The fourth-order valence-electron chi connectivity index (χ4n) is 2.46. The zero-order valence-electron chi connectivity index (χ0n) is 10.9. The van der Waals surface area contributed by atoms with Crippen LogP contribution in [0.4, 0.5) is 0 Å². The zero-order chi connectivity index (χ0) is 14.2. The zero-order valence-corrected chi connectivity index (χ0v) is 10.9. The van der Waals surface area contributed by atoms with Crippen LogP contribution in [0, 0.1) is 0 Å². The number of carbonyl (C=O) groups is 1. The molecule has 1 aliphatic heterocycles. The topological polar surface area (TPSA) is 55.8 Å². The molecule has 3 rings (SSSR count). The molecule has 0 spiro atoms. The first kappa shape index (κ1) is 12.7. The Hall–Kier alpha value is -2.33. The molecule has 0 bridgehead atoms. The van der Waals surface area contributed by atoms with Crippen LogP contribution in [0.25, 0.3) is 0 Å². The van der Waals surface area contributed by atoms with Gasteiger partial charge in [0.05, 0.1) is 0 Å². The van der Waals surface area contributed by atoms with Gasteiger partial charge in [0.25, 0.3) is 6.29 Å². The molecule has 2 atom stereocenters. The second kappa shape index (κ2) is 4.65. The van der Waals surface area contributed by atoms with Crippen LogP contribution in [0.1, 0.15) is 18.1 Å². The highest BCUT2D eigenvalue weighted by atomic mass is 16.7. The molecular weight excluding hydrogens is 256 g/mol. The second-order valence-electron chi connectivity index (χ2n) is 4.80. The first-order valence-electron chi connectivity index (χ1n) is 6.33.